The van der Waals surface area contributed by atoms with Gasteiger partial charge in [-0.25, -0.2) is 4.79 Å². The van der Waals surface area contributed by atoms with Gasteiger partial charge in [-0.05, 0) is 0 Å². The predicted molar refractivity (Wildman–Crippen MR) is 20.8 cm³/mol. The minimum Gasteiger partial charge on any atom is -0.450 e. The van der Waals surface area contributed by atoms with Gasteiger partial charge in [0.25, 0.3) is 0 Å². The summed E-state index contributed by atoms with van der Waals surface area (Å²) in [5, 5.41) is 7.50. The molecule has 0 aromatic carbocycles. The number of carboxylic acid groups (broad SMARTS) is 1. The zero-order valence-corrected chi connectivity index (χ0v) is 8.68. The summed E-state index contributed by atoms with van der Waals surface area (Å²) in [6.45, 7) is 0. The van der Waals surface area contributed by atoms with Crippen LogP contribution < -0.4 is 0 Å². The van der Waals surface area contributed by atoms with Gasteiger partial charge in [-0.15, -0.1) is 0 Å². The predicted octanol–water partition coefficient (Wildman–Crippen LogP) is -0.0700. The van der Waals surface area contributed by atoms with Crippen molar-refractivity contribution in [3.63, 3.8) is 0 Å². The molecule has 0 saturated carbocycles. The zero-order chi connectivity index (χ0) is 4.28. The van der Waals surface area contributed by atoms with E-state index in [9.17, 15) is 0 Å². The summed E-state index contributed by atoms with van der Waals surface area (Å²) < 4.78 is 3.67. The van der Waals surface area contributed by atoms with Crippen molar-refractivity contribution < 1.29 is 14.6 Å². The number of hydrogen-bond donors (Lipinski definition) is 1. The molecule has 0 bridgehead atoms. The molecule has 0 aliphatic heterocycles. The van der Waals surface area contributed by atoms with Crippen molar-refractivity contribution >= 4 is 64.3 Å². The van der Waals surface area contributed by atoms with Crippen LogP contribution in [-0.2, 0) is 4.74 Å². The summed E-state index contributed by atoms with van der Waals surface area (Å²) in [5.74, 6) is 0. The Morgan fingerprint density at radius 3 is 2.00 bits per heavy atom. The molecule has 1 N–H and O–H groups in total. The van der Waals surface area contributed by atoms with Crippen LogP contribution in [0.3, 0.4) is 0 Å². The summed E-state index contributed by atoms with van der Waals surface area (Å²) in [6, 6.07) is 0. The third-order valence-electron chi connectivity index (χ3n) is 0.175. The maximum Gasteiger partial charge on any atom is 0.505 e. The van der Waals surface area contributed by atoms with Gasteiger partial charge in [0.2, 0.25) is 0 Å². The van der Waals surface area contributed by atoms with E-state index in [1.165, 1.54) is 0 Å². The van der Waals surface area contributed by atoms with Crippen LogP contribution in [0.4, 0.5) is 4.79 Å². The summed E-state index contributed by atoms with van der Waals surface area (Å²) in [5.41, 5.74) is 0. The molecular weight excluding hydrogens is 157 g/mol. The van der Waals surface area contributed by atoms with Gasteiger partial charge in [0.1, 0.15) is 0 Å². The molecule has 6 heavy (non-hydrogen) atoms. The van der Waals surface area contributed by atoms with E-state index in [1.54, 1.807) is 0 Å². The Hall–Kier alpha value is 1.08. The fraction of sp³-hybridized carbons (Fsp3) is 0.500. The number of rotatable bonds is 0. The summed E-state index contributed by atoms with van der Waals surface area (Å²) in [6.07, 6.45) is -1.25. The van der Waals surface area contributed by atoms with Gasteiger partial charge in [0.15, 0.2) is 0 Å². The Labute approximate surface area is 84.5 Å². The van der Waals surface area contributed by atoms with E-state index >= 15 is 0 Å². The molecule has 0 unspecified atom stereocenters. The third kappa shape index (κ3) is 8.91. The first-order valence-electron chi connectivity index (χ1n) is 1.04. The van der Waals surface area contributed by atoms with Crippen molar-refractivity contribution in [2.24, 2.45) is 0 Å². The third-order valence-corrected chi connectivity index (χ3v) is 0.175. The molecule has 0 aliphatic rings. The first-order valence-corrected chi connectivity index (χ1v) is 1.04. The van der Waals surface area contributed by atoms with Gasteiger partial charge >= 0.3 is 6.16 Å². The molecule has 0 saturated heterocycles. The second-order valence-corrected chi connectivity index (χ2v) is 0.470. The summed E-state index contributed by atoms with van der Waals surface area (Å²) in [4.78, 5) is 9.15. The molecule has 0 aromatic rings. The normalized spacial score (nSPS) is 5.50. The first-order chi connectivity index (χ1) is 2.27. The van der Waals surface area contributed by atoms with Gasteiger partial charge in [-0.2, -0.15) is 0 Å². The van der Waals surface area contributed by atoms with Crippen LogP contribution in [0.25, 0.3) is 0 Å². The van der Waals surface area contributed by atoms with Gasteiger partial charge in [-0.1, -0.05) is 0 Å². The smallest absolute Gasteiger partial charge is 0.450 e. The van der Waals surface area contributed by atoms with Crippen LogP contribution in [-0.4, -0.2) is 76.6 Å². The minimum atomic E-state index is -1.25. The molecule has 0 aromatic heterocycles. The van der Waals surface area contributed by atoms with Gasteiger partial charge in [-0.3, -0.25) is 0 Å². The number of carbonyl (C=O) groups is 1. The Morgan fingerprint density at radius 1 is 1.83 bits per heavy atom. The molecule has 0 spiro atoms. The Balaban J connectivity index is 0. The fourth-order valence-electron chi connectivity index (χ4n) is 0. The van der Waals surface area contributed by atoms with Crippen molar-refractivity contribution in [1.29, 1.82) is 0 Å². The van der Waals surface area contributed by atoms with Crippen LogP contribution in [0.15, 0.2) is 0 Å². The molecule has 0 fully saturated rings. The van der Waals surface area contributed by atoms with Gasteiger partial charge in [0.05, 0.1) is 7.11 Å². The van der Waals surface area contributed by atoms with E-state index in [4.69, 9.17) is 9.90 Å². The fourth-order valence-corrected chi connectivity index (χ4v) is 0. The van der Waals surface area contributed by atoms with Crippen LogP contribution in [0, 0.1) is 0 Å². The molecule has 4 heteroatoms. The first kappa shape index (κ1) is 10.1. The standard InChI is InChI=1S/C2H4O3.Rb/c1-5-2(3)4;/h1H3,(H,3,4);. The monoisotopic (exact) mass is 161 g/mol. The quantitative estimate of drug-likeness (QED) is 0.506. The van der Waals surface area contributed by atoms with E-state index < -0.39 is 6.16 Å². The average Bonchev–Trinajstić information content (AvgIpc) is 1.38. The van der Waals surface area contributed by atoms with Crippen LogP contribution in [0.5, 0.6) is 0 Å². The second kappa shape index (κ2) is 6.08. The molecule has 1 radical (unpaired) electrons. The van der Waals surface area contributed by atoms with Crippen molar-refractivity contribution in [2.75, 3.05) is 7.11 Å². The van der Waals surface area contributed by atoms with Crippen molar-refractivity contribution in [1.82, 2.24) is 0 Å². The van der Waals surface area contributed by atoms with E-state index in [1.807, 2.05) is 0 Å². The van der Waals surface area contributed by atoms with Gasteiger partial charge < -0.3 is 9.84 Å². The molecule has 31 valence electrons. The molecule has 0 aliphatic carbocycles. The Morgan fingerprint density at radius 2 is 2.00 bits per heavy atom. The Kier molecular flexibility index (Phi) is 10.3. The van der Waals surface area contributed by atoms with Gasteiger partial charge in [0, 0.05) is 58.2 Å². The largest absolute Gasteiger partial charge is 0.505 e. The minimum absolute atomic E-state index is 0. The molecule has 0 amide bonds. The molecule has 0 heterocycles. The zero-order valence-electron chi connectivity index (χ0n) is 3.76. The van der Waals surface area contributed by atoms with E-state index in [0.29, 0.717) is 0 Å². The van der Waals surface area contributed by atoms with Crippen molar-refractivity contribution in [3.8, 4) is 0 Å². The van der Waals surface area contributed by atoms with Crippen LogP contribution >= 0.6 is 0 Å². The Bertz CT molecular complexity index is 44.1. The SMILES string of the molecule is COC(=O)O.[Rb]. The summed E-state index contributed by atoms with van der Waals surface area (Å²) in [7, 11) is 1.10. The molecule has 0 atom stereocenters. The number of ether oxygens (including phenoxy) is 1. The van der Waals surface area contributed by atoms with E-state index in [-0.39, 0.29) is 58.2 Å². The second-order valence-electron chi connectivity index (χ2n) is 0.470. The number of hydrogen-bond acceptors (Lipinski definition) is 2. The van der Waals surface area contributed by atoms with Crippen molar-refractivity contribution in [3.05, 3.63) is 0 Å². The molecular formula is C2H4O3Rb. The average molecular weight is 162 g/mol. The van der Waals surface area contributed by atoms with Crippen LogP contribution in [0.2, 0.25) is 0 Å². The van der Waals surface area contributed by atoms with Crippen molar-refractivity contribution in [2.45, 2.75) is 0 Å². The van der Waals surface area contributed by atoms with E-state index in [2.05, 4.69) is 4.74 Å². The molecule has 0 rings (SSSR count). The maximum absolute atomic E-state index is 9.15. The maximum atomic E-state index is 9.15. The molecule has 3 nitrogen and oxygen atoms in total. The van der Waals surface area contributed by atoms with E-state index in [0.717, 1.165) is 7.11 Å². The number of methoxy groups -OCH3 is 1. The van der Waals surface area contributed by atoms with Crippen LogP contribution in [0.1, 0.15) is 0 Å². The summed E-state index contributed by atoms with van der Waals surface area (Å²) >= 11 is 0. The topological polar surface area (TPSA) is 46.5 Å².